The topological polar surface area (TPSA) is 138 Å². The summed E-state index contributed by atoms with van der Waals surface area (Å²) in [4.78, 5) is 37.4. The lowest BCUT2D eigenvalue weighted by molar-refractivity contribution is -0.124. The summed E-state index contributed by atoms with van der Waals surface area (Å²) >= 11 is 0. The number of rotatable bonds is 8. The van der Waals surface area contributed by atoms with Crippen LogP contribution in [0.1, 0.15) is 62.9 Å². The van der Waals surface area contributed by atoms with Crippen molar-refractivity contribution in [1.29, 1.82) is 0 Å². The van der Waals surface area contributed by atoms with Gasteiger partial charge >= 0.3 is 0 Å². The minimum atomic E-state index is -0.348. The van der Waals surface area contributed by atoms with Crippen LogP contribution in [-0.2, 0) is 4.79 Å². The fourth-order valence-corrected chi connectivity index (χ4v) is 4.25. The summed E-state index contributed by atoms with van der Waals surface area (Å²) < 4.78 is 1.58. The van der Waals surface area contributed by atoms with Gasteiger partial charge in [-0.05, 0) is 44.6 Å². The van der Waals surface area contributed by atoms with Crippen LogP contribution in [0.25, 0.3) is 5.65 Å². The Hall–Kier alpha value is -3.76. The molecule has 35 heavy (non-hydrogen) atoms. The van der Waals surface area contributed by atoms with Crippen LogP contribution < -0.4 is 21.3 Å². The lowest BCUT2D eigenvalue weighted by Gasteiger charge is -2.30. The van der Waals surface area contributed by atoms with Crippen LogP contribution >= 0.6 is 0 Å². The molecule has 2 saturated carbocycles. The molecule has 184 valence electrons. The van der Waals surface area contributed by atoms with E-state index < -0.39 is 0 Å². The largest absolute Gasteiger partial charge is 0.379 e. The fraction of sp³-hybridized carbons (Fsp3) is 0.500. The summed E-state index contributed by atoms with van der Waals surface area (Å²) in [5, 5.41) is 17.7. The van der Waals surface area contributed by atoms with E-state index in [-0.39, 0.29) is 29.8 Å². The predicted molar refractivity (Wildman–Crippen MR) is 132 cm³/mol. The Labute approximate surface area is 203 Å². The van der Waals surface area contributed by atoms with E-state index in [4.69, 9.17) is 5.10 Å². The second-order valence-corrected chi connectivity index (χ2v) is 9.65. The molecule has 3 aromatic heterocycles. The molecular weight excluding hydrogens is 446 g/mol. The standard InChI is InChI=1S/C24H31N9O2/c1-14(2)23(34)30-17-7-5-16(6-8-17)29-21-11-18(28-15-3-4-15)22-26-12-19(33(22)32-21)24(35)31-20-9-10-25-13-27-20/h9-17,28H,3-8H2,1-2H3,(H,29,32)(H,30,34)(H,25,27,31,35). The van der Waals surface area contributed by atoms with Gasteiger partial charge in [0.2, 0.25) is 5.91 Å². The first-order chi connectivity index (χ1) is 17.0. The zero-order valence-corrected chi connectivity index (χ0v) is 20.0. The van der Waals surface area contributed by atoms with Crippen molar-refractivity contribution in [2.24, 2.45) is 5.92 Å². The van der Waals surface area contributed by atoms with Crippen LogP contribution in [0.5, 0.6) is 0 Å². The highest BCUT2D eigenvalue weighted by Crippen LogP contribution is 2.30. The molecule has 2 fully saturated rings. The molecule has 11 heteroatoms. The molecule has 2 aliphatic carbocycles. The number of anilines is 3. The molecule has 11 nitrogen and oxygen atoms in total. The van der Waals surface area contributed by atoms with Crippen molar-refractivity contribution in [2.75, 3.05) is 16.0 Å². The van der Waals surface area contributed by atoms with Crippen molar-refractivity contribution in [1.82, 2.24) is 29.9 Å². The Balaban J connectivity index is 1.33. The molecule has 0 radical (unpaired) electrons. The van der Waals surface area contributed by atoms with E-state index >= 15 is 0 Å². The molecule has 3 heterocycles. The number of imidazole rings is 1. The number of nitrogens with zero attached hydrogens (tertiary/aromatic N) is 5. The van der Waals surface area contributed by atoms with Crippen molar-refractivity contribution < 1.29 is 9.59 Å². The molecule has 3 aromatic rings. The minimum absolute atomic E-state index is 0.00456. The quantitative estimate of drug-likeness (QED) is 0.389. The highest BCUT2D eigenvalue weighted by Gasteiger charge is 2.26. The van der Waals surface area contributed by atoms with Crippen molar-refractivity contribution >= 4 is 34.8 Å². The first kappa shape index (κ1) is 23.0. The number of nitrogens with one attached hydrogen (secondary N) is 4. The van der Waals surface area contributed by atoms with Crippen LogP contribution in [0.3, 0.4) is 0 Å². The van der Waals surface area contributed by atoms with E-state index in [9.17, 15) is 9.59 Å². The van der Waals surface area contributed by atoms with Crippen molar-refractivity contribution in [2.45, 2.75) is 70.5 Å². The summed E-state index contributed by atoms with van der Waals surface area (Å²) in [5.74, 6) is 0.850. The average molecular weight is 478 g/mol. The highest BCUT2D eigenvalue weighted by atomic mass is 16.2. The van der Waals surface area contributed by atoms with Gasteiger partial charge in [0.05, 0.1) is 11.9 Å². The van der Waals surface area contributed by atoms with E-state index in [1.165, 1.54) is 12.5 Å². The highest BCUT2D eigenvalue weighted by molar-refractivity contribution is 6.03. The normalized spacial score (nSPS) is 20.0. The predicted octanol–water partition coefficient (Wildman–Crippen LogP) is 2.84. The van der Waals surface area contributed by atoms with Gasteiger partial charge in [-0.1, -0.05) is 13.8 Å². The second kappa shape index (κ2) is 9.85. The van der Waals surface area contributed by atoms with E-state index in [0.717, 1.165) is 44.2 Å². The van der Waals surface area contributed by atoms with Crippen LogP contribution in [0.15, 0.2) is 30.9 Å². The van der Waals surface area contributed by atoms with Gasteiger partial charge in [0.15, 0.2) is 11.3 Å². The van der Waals surface area contributed by atoms with Gasteiger partial charge < -0.3 is 21.3 Å². The van der Waals surface area contributed by atoms with Crippen molar-refractivity contribution in [3.05, 3.63) is 36.5 Å². The number of hydrogen-bond donors (Lipinski definition) is 4. The smallest absolute Gasteiger partial charge is 0.277 e. The number of fused-ring (bicyclic) bond motifs is 1. The molecule has 0 atom stereocenters. The number of carbonyl (C=O) groups excluding carboxylic acids is 2. The minimum Gasteiger partial charge on any atom is -0.379 e. The SMILES string of the molecule is CC(C)C(=O)NC1CCC(Nc2cc(NC3CC3)c3ncc(C(=O)Nc4ccncn4)n3n2)CC1. The lowest BCUT2D eigenvalue weighted by atomic mass is 9.91. The summed E-state index contributed by atoms with van der Waals surface area (Å²) in [6.45, 7) is 3.82. The Morgan fingerprint density at radius 3 is 2.37 bits per heavy atom. The Morgan fingerprint density at radius 1 is 0.971 bits per heavy atom. The van der Waals surface area contributed by atoms with Crippen LogP contribution in [-0.4, -0.2) is 54.5 Å². The second-order valence-electron chi connectivity index (χ2n) is 9.65. The lowest BCUT2D eigenvalue weighted by Crippen LogP contribution is -2.41. The summed E-state index contributed by atoms with van der Waals surface area (Å²) in [6.07, 6.45) is 10.4. The number of aromatic nitrogens is 5. The molecule has 5 rings (SSSR count). The molecule has 0 bridgehead atoms. The molecule has 4 N–H and O–H groups in total. The maximum Gasteiger partial charge on any atom is 0.277 e. The van der Waals surface area contributed by atoms with Gasteiger partial charge in [-0.25, -0.2) is 19.5 Å². The molecule has 0 saturated heterocycles. The van der Waals surface area contributed by atoms with E-state index in [2.05, 4.69) is 36.2 Å². The first-order valence-corrected chi connectivity index (χ1v) is 12.3. The van der Waals surface area contributed by atoms with Crippen molar-refractivity contribution in [3.8, 4) is 0 Å². The Bertz CT molecular complexity index is 1200. The Kier molecular flexibility index (Phi) is 6.47. The van der Waals surface area contributed by atoms with Gasteiger partial charge in [-0.15, -0.1) is 5.10 Å². The Morgan fingerprint density at radius 2 is 1.69 bits per heavy atom. The molecule has 0 aliphatic heterocycles. The first-order valence-electron chi connectivity index (χ1n) is 12.3. The monoisotopic (exact) mass is 477 g/mol. The van der Waals surface area contributed by atoms with Crippen molar-refractivity contribution in [3.63, 3.8) is 0 Å². The van der Waals surface area contributed by atoms with Gasteiger partial charge in [0.25, 0.3) is 5.91 Å². The molecule has 0 spiro atoms. The van der Waals surface area contributed by atoms with Crippen LogP contribution in [0, 0.1) is 5.92 Å². The fourth-order valence-electron chi connectivity index (χ4n) is 4.25. The average Bonchev–Trinajstić information content (AvgIpc) is 3.56. The van der Waals surface area contributed by atoms with Crippen LogP contribution in [0.4, 0.5) is 17.3 Å². The molecule has 0 aromatic carbocycles. The van der Waals surface area contributed by atoms with Crippen LogP contribution in [0.2, 0.25) is 0 Å². The van der Waals surface area contributed by atoms with E-state index in [0.29, 0.717) is 29.0 Å². The zero-order valence-electron chi connectivity index (χ0n) is 20.0. The molecular formula is C24H31N9O2. The third-order valence-electron chi connectivity index (χ3n) is 6.41. The molecule has 2 aliphatic rings. The van der Waals surface area contributed by atoms with Gasteiger partial charge in [-0.3, -0.25) is 9.59 Å². The van der Waals surface area contributed by atoms with Gasteiger partial charge in [0, 0.05) is 36.3 Å². The van der Waals surface area contributed by atoms with E-state index in [1.807, 2.05) is 19.9 Å². The maximum atomic E-state index is 13.0. The van der Waals surface area contributed by atoms with E-state index in [1.54, 1.807) is 16.8 Å². The summed E-state index contributed by atoms with van der Waals surface area (Å²) in [6, 6.07) is 4.48. The number of hydrogen-bond acceptors (Lipinski definition) is 8. The third-order valence-corrected chi connectivity index (χ3v) is 6.41. The summed E-state index contributed by atoms with van der Waals surface area (Å²) in [7, 11) is 0. The van der Waals surface area contributed by atoms with Gasteiger partial charge in [-0.2, -0.15) is 0 Å². The molecule has 2 amide bonds. The summed E-state index contributed by atoms with van der Waals surface area (Å²) in [5.41, 5.74) is 1.78. The zero-order chi connectivity index (χ0) is 24.4. The van der Waals surface area contributed by atoms with Gasteiger partial charge in [0.1, 0.15) is 18.0 Å². The number of amides is 2. The molecule has 0 unspecified atom stereocenters. The maximum absolute atomic E-state index is 13.0. The number of carbonyl (C=O) groups is 2. The third kappa shape index (κ3) is 5.50.